The largest absolute Gasteiger partial charge is 0.380 e. The van der Waals surface area contributed by atoms with Crippen LogP contribution in [0.1, 0.15) is 19.5 Å². The van der Waals surface area contributed by atoms with Crippen LogP contribution < -0.4 is 5.32 Å². The van der Waals surface area contributed by atoms with Gasteiger partial charge in [0, 0.05) is 18.5 Å². The van der Waals surface area contributed by atoms with Gasteiger partial charge in [-0.05, 0) is 12.0 Å². The molecule has 0 amide bonds. The minimum absolute atomic E-state index is 0.313. The highest BCUT2D eigenvalue weighted by Crippen LogP contribution is 2.23. The van der Waals surface area contributed by atoms with E-state index in [9.17, 15) is 0 Å². The van der Waals surface area contributed by atoms with E-state index in [2.05, 4.69) is 35.4 Å². The van der Waals surface area contributed by atoms with E-state index in [0.29, 0.717) is 24.8 Å². The molecular formula is C15H18N4O. The molecule has 0 saturated heterocycles. The first-order valence-electron chi connectivity index (χ1n) is 6.69. The molecule has 1 heterocycles. The van der Waals surface area contributed by atoms with E-state index in [1.807, 2.05) is 24.3 Å². The number of anilines is 1. The lowest BCUT2D eigenvalue weighted by molar-refractivity contribution is 0.118. The molecular weight excluding hydrogens is 252 g/mol. The van der Waals surface area contributed by atoms with Gasteiger partial charge in [-0.2, -0.15) is 5.26 Å². The molecule has 1 N–H and O–H groups in total. The van der Waals surface area contributed by atoms with Crippen LogP contribution in [0.3, 0.4) is 0 Å². The molecule has 0 aliphatic heterocycles. The maximum absolute atomic E-state index is 9.13. The minimum atomic E-state index is 0.313. The maximum Gasteiger partial charge on any atom is 0.186 e. The zero-order chi connectivity index (χ0) is 14.4. The van der Waals surface area contributed by atoms with Gasteiger partial charge in [0.25, 0.3) is 0 Å². The number of fused-ring (bicyclic) bond motifs is 1. The van der Waals surface area contributed by atoms with Crippen LogP contribution in [0.2, 0.25) is 0 Å². The van der Waals surface area contributed by atoms with E-state index < -0.39 is 0 Å². The highest BCUT2D eigenvalue weighted by molar-refractivity contribution is 5.92. The van der Waals surface area contributed by atoms with E-state index in [1.165, 1.54) is 0 Å². The molecule has 0 fully saturated rings. The average molecular weight is 270 g/mol. The zero-order valence-electron chi connectivity index (χ0n) is 11.8. The van der Waals surface area contributed by atoms with E-state index in [4.69, 9.17) is 10.00 Å². The predicted molar refractivity (Wildman–Crippen MR) is 78.4 cm³/mol. The topological polar surface area (TPSA) is 70.8 Å². The number of benzene rings is 1. The van der Waals surface area contributed by atoms with Crippen LogP contribution in [0, 0.1) is 17.2 Å². The Bertz CT molecular complexity index is 619. The van der Waals surface area contributed by atoms with Crippen molar-refractivity contribution in [2.75, 3.05) is 25.1 Å². The molecule has 0 aliphatic rings. The minimum Gasteiger partial charge on any atom is -0.380 e. The first kappa shape index (κ1) is 14.2. The number of aromatic nitrogens is 2. The lowest BCUT2D eigenvalue weighted by Gasteiger charge is -2.11. The third-order valence-electron chi connectivity index (χ3n) is 2.77. The molecule has 5 nitrogen and oxygen atoms in total. The van der Waals surface area contributed by atoms with Gasteiger partial charge in [0.15, 0.2) is 5.69 Å². The number of nitrogens with one attached hydrogen (secondary N) is 1. The van der Waals surface area contributed by atoms with E-state index >= 15 is 0 Å². The summed E-state index contributed by atoms with van der Waals surface area (Å²) in [6.45, 7) is 6.20. The van der Waals surface area contributed by atoms with Crippen LogP contribution in [-0.4, -0.2) is 30.0 Å². The molecule has 2 rings (SSSR count). The summed E-state index contributed by atoms with van der Waals surface area (Å²) in [7, 11) is 0. The molecule has 1 aromatic heterocycles. The molecule has 20 heavy (non-hydrogen) atoms. The van der Waals surface area contributed by atoms with Crippen molar-refractivity contribution < 1.29 is 4.74 Å². The lowest BCUT2D eigenvalue weighted by atomic mass is 10.1. The Hall–Kier alpha value is -2.19. The van der Waals surface area contributed by atoms with E-state index in [1.54, 1.807) is 0 Å². The third-order valence-corrected chi connectivity index (χ3v) is 2.77. The molecule has 1 aromatic carbocycles. The quantitative estimate of drug-likeness (QED) is 0.817. The maximum atomic E-state index is 9.13. The van der Waals surface area contributed by atoms with Gasteiger partial charge in [0.1, 0.15) is 6.07 Å². The molecule has 0 unspecified atom stereocenters. The van der Waals surface area contributed by atoms with Crippen LogP contribution in [0.5, 0.6) is 0 Å². The van der Waals surface area contributed by atoms with Gasteiger partial charge in [-0.25, -0.2) is 0 Å². The predicted octanol–water partition coefficient (Wildman–Crippen LogP) is 2.59. The Kier molecular flexibility index (Phi) is 4.85. The molecule has 0 radical (unpaired) electrons. The molecule has 104 valence electrons. The van der Waals surface area contributed by atoms with Gasteiger partial charge in [0.05, 0.1) is 17.8 Å². The number of rotatable bonds is 6. The van der Waals surface area contributed by atoms with Crippen molar-refractivity contribution in [2.24, 2.45) is 5.92 Å². The van der Waals surface area contributed by atoms with Crippen molar-refractivity contribution in [3.8, 4) is 6.07 Å². The summed E-state index contributed by atoms with van der Waals surface area (Å²) in [6, 6.07) is 9.71. The van der Waals surface area contributed by atoms with Gasteiger partial charge in [0.2, 0.25) is 0 Å². The number of ether oxygens (including phenoxy) is 1. The molecule has 0 atom stereocenters. The summed E-state index contributed by atoms with van der Waals surface area (Å²) >= 11 is 0. The summed E-state index contributed by atoms with van der Waals surface area (Å²) < 4.78 is 5.52. The third kappa shape index (κ3) is 3.43. The smallest absolute Gasteiger partial charge is 0.186 e. The second-order valence-corrected chi connectivity index (χ2v) is 4.95. The Labute approximate surface area is 118 Å². The van der Waals surface area contributed by atoms with Crippen molar-refractivity contribution in [1.29, 1.82) is 5.26 Å². The summed E-state index contributed by atoms with van der Waals surface area (Å²) in [4.78, 5) is 0. The standard InChI is InChI=1S/C15H18N4O/c1-11(2)10-20-8-7-17-15-12-5-3-4-6-13(12)18-19-14(15)9-16/h3-6,11H,7-8,10H2,1-2H3,(H,17,18). The normalized spacial score (nSPS) is 10.7. The lowest BCUT2D eigenvalue weighted by Crippen LogP contribution is -2.13. The number of hydrogen-bond acceptors (Lipinski definition) is 5. The van der Waals surface area contributed by atoms with Gasteiger partial charge in [-0.15, -0.1) is 10.2 Å². The zero-order valence-corrected chi connectivity index (χ0v) is 11.8. The van der Waals surface area contributed by atoms with Crippen molar-refractivity contribution >= 4 is 16.6 Å². The summed E-state index contributed by atoms with van der Waals surface area (Å²) in [5, 5.41) is 21.2. The summed E-state index contributed by atoms with van der Waals surface area (Å²) in [6.07, 6.45) is 0. The average Bonchev–Trinajstić information content (AvgIpc) is 2.46. The van der Waals surface area contributed by atoms with Crippen LogP contribution in [0.4, 0.5) is 5.69 Å². The Morgan fingerprint density at radius 3 is 2.85 bits per heavy atom. The second-order valence-electron chi connectivity index (χ2n) is 4.95. The van der Waals surface area contributed by atoms with Crippen LogP contribution >= 0.6 is 0 Å². The van der Waals surface area contributed by atoms with Crippen LogP contribution in [0.25, 0.3) is 10.9 Å². The van der Waals surface area contributed by atoms with E-state index in [0.717, 1.165) is 23.2 Å². The van der Waals surface area contributed by atoms with Crippen LogP contribution in [-0.2, 0) is 4.74 Å². The summed E-state index contributed by atoms with van der Waals surface area (Å²) in [5.74, 6) is 0.521. The van der Waals surface area contributed by atoms with E-state index in [-0.39, 0.29) is 0 Å². The van der Waals surface area contributed by atoms with Crippen molar-refractivity contribution in [3.05, 3.63) is 30.0 Å². The van der Waals surface area contributed by atoms with Gasteiger partial charge >= 0.3 is 0 Å². The molecule has 2 aromatic rings. The molecule has 0 spiro atoms. The highest BCUT2D eigenvalue weighted by atomic mass is 16.5. The fourth-order valence-corrected chi connectivity index (χ4v) is 1.88. The monoisotopic (exact) mass is 270 g/mol. The fraction of sp³-hybridized carbons (Fsp3) is 0.400. The Balaban J connectivity index is 2.10. The molecule has 0 aliphatic carbocycles. The number of nitriles is 1. The number of nitrogens with zero attached hydrogens (tertiary/aromatic N) is 3. The first-order valence-corrected chi connectivity index (χ1v) is 6.69. The number of hydrogen-bond donors (Lipinski definition) is 1. The fourth-order valence-electron chi connectivity index (χ4n) is 1.88. The van der Waals surface area contributed by atoms with Crippen molar-refractivity contribution in [2.45, 2.75) is 13.8 Å². The Morgan fingerprint density at radius 1 is 1.30 bits per heavy atom. The molecule has 0 saturated carbocycles. The van der Waals surface area contributed by atoms with Crippen LogP contribution in [0.15, 0.2) is 24.3 Å². The van der Waals surface area contributed by atoms with Gasteiger partial charge in [-0.1, -0.05) is 32.0 Å². The SMILES string of the molecule is CC(C)COCCNc1c(C#N)nnc2ccccc12. The first-order chi connectivity index (χ1) is 9.72. The van der Waals surface area contributed by atoms with Gasteiger partial charge in [-0.3, -0.25) is 0 Å². The Morgan fingerprint density at radius 2 is 2.10 bits per heavy atom. The van der Waals surface area contributed by atoms with Crippen molar-refractivity contribution in [1.82, 2.24) is 10.2 Å². The molecule has 5 heteroatoms. The summed E-state index contributed by atoms with van der Waals surface area (Å²) in [5.41, 5.74) is 1.82. The van der Waals surface area contributed by atoms with Gasteiger partial charge < -0.3 is 10.1 Å². The highest BCUT2D eigenvalue weighted by Gasteiger charge is 2.09. The van der Waals surface area contributed by atoms with Crippen molar-refractivity contribution in [3.63, 3.8) is 0 Å². The molecule has 0 bridgehead atoms. The second kappa shape index (κ2) is 6.83.